The van der Waals surface area contributed by atoms with Gasteiger partial charge in [0.2, 0.25) is 0 Å². The van der Waals surface area contributed by atoms with Gasteiger partial charge >= 0.3 is 6.09 Å². The molecule has 1 N–H and O–H groups in total. The number of anilines is 1. The van der Waals surface area contributed by atoms with Gasteiger partial charge in [-0.1, -0.05) is 38.1 Å². The molecule has 0 unspecified atom stereocenters. The lowest BCUT2D eigenvalue weighted by Gasteiger charge is -2.05. The van der Waals surface area contributed by atoms with Crippen molar-refractivity contribution in [3.05, 3.63) is 35.2 Å². The number of carbonyl (C=O) groups is 1. The second kappa shape index (κ2) is 7.22. The molecule has 0 bridgehead atoms. The van der Waals surface area contributed by atoms with E-state index in [0.717, 1.165) is 17.7 Å². The third-order valence-corrected chi connectivity index (χ3v) is 3.64. The molecule has 0 radical (unpaired) electrons. The number of benzene rings is 1. The van der Waals surface area contributed by atoms with Crippen LogP contribution in [0.3, 0.4) is 0 Å². The molecule has 2 rings (SSSR count). The van der Waals surface area contributed by atoms with Crippen molar-refractivity contribution < 1.29 is 9.53 Å². The minimum Gasteiger partial charge on any atom is -0.450 e. The molecule has 0 atom stereocenters. The van der Waals surface area contributed by atoms with Crippen molar-refractivity contribution in [2.24, 2.45) is 5.92 Å². The Balaban J connectivity index is 2.05. The third kappa shape index (κ3) is 4.56. The molecule has 5 heteroatoms. The highest BCUT2D eigenvalue weighted by atomic mass is 32.1. The molecular formula is C16H20N2O2S. The molecule has 0 fully saturated rings. The van der Waals surface area contributed by atoms with Crippen LogP contribution in [0.5, 0.6) is 0 Å². The fourth-order valence-electron chi connectivity index (χ4n) is 2.00. The Morgan fingerprint density at radius 2 is 2.05 bits per heavy atom. The highest BCUT2D eigenvalue weighted by Gasteiger charge is 2.08. The number of aromatic nitrogens is 1. The molecule has 0 aliphatic carbocycles. The minimum absolute atomic E-state index is 0.349. The Labute approximate surface area is 129 Å². The average molecular weight is 304 g/mol. The summed E-state index contributed by atoms with van der Waals surface area (Å²) in [6.45, 7) is 6.54. The fraction of sp³-hybridized carbons (Fsp3) is 0.375. The molecule has 0 aliphatic heterocycles. The van der Waals surface area contributed by atoms with Crippen molar-refractivity contribution in [1.29, 1.82) is 0 Å². The van der Waals surface area contributed by atoms with Crippen LogP contribution in [-0.4, -0.2) is 17.7 Å². The number of nitrogens with zero attached hydrogens (tertiary/aromatic N) is 1. The summed E-state index contributed by atoms with van der Waals surface area (Å²) < 4.78 is 4.83. The lowest BCUT2D eigenvalue weighted by molar-refractivity contribution is 0.168. The van der Waals surface area contributed by atoms with Crippen LogP contribution < -0.4 is 5.32 Å². The van der Waals surface area contributed by atoms with Gasteiger partial charge in [0.1, 0.15) is 0 Å². The van der Waals surface area contributed by atoms with Crippen molar-refractivity contribution in [3.63, 3.8) is 0 Å². The summed E-state index contributed by atoms with van der Waals surface area (Å²) in [7, 11) is 0. The summed E-state index contributed by atoms with van der Waals surface area (Å²) in [5.74, 6) is 0.649. The molecule has 0 aliphatic rings. The summed E-state index contributed by atoms with van der Waals surface area (Å²) >= 11 is 1.39. The number of nitrogens with one attached hydrogen (secondary N) is 1. The zero-order valence-corrected chi connectivity index (χ0v) is 13.4. The van der Waals surface area contributed by atoms with E-state index in [1.54, 1.807) is 6.92 Å². The Morgan fingerprint density at radius 3 is 2.67 bits per heavy atom. The quantitative estimate of drug-likeness (QED) is 0.879. The van der Waals surface area contributed by atoms with E-state index in [-0.39, 0.29) is 0 Å². The summed E-state index contributed by atoms with van der Waals surface area (Å²) in [6.07, 6.45) is 0.609. The number of amides is 1. The molecule has 112 valence electrons. The monoisotopic (exact) mass is 304 g/mol. The van der Waals surface area contributed by atoms with Gasteiger partial charge < -0.3 is 4.74 Å². The van der Waals surface area contributed by atoms with Crippen molar-refractivity contribution >= 4 is 22.6 Å². The van der Waals surface area contributed by atoms with Crippen molar-refractivity contribution in [3.8, 4) is 11.3 Å². The first-order valence-corrected chi connectivity index (χ1v) is 7.95. The molecule has 0 saturated heterocycles. The van der Waals surface area contributed by atoms with Crippen molar-refractivity contribution in [1.82, 2.24) is 4.98 Å². The third-order valence-electron chi connectivity index (χ3n) is 2.88. The zero-order chi connectivity index (χ0) is 15.2. The van der Waals surface area contributed by atoms with E-state index >= 15 is 0 Å². The molecular weight excluding hydrogens is 284 g/mol. The second-order valence-electron chi connectivity index (χ2n) is 5.18. The molecule has 1 aromatic carbocycles. The smallest absolute Gasteiger partial charge is 0.413 e. The van der Waals surface area contributed by atoms with E-state index in [4.69, 9.17) is 4.74 Å². The highest BCUT2D eigenvalue weighted by Crippen LogP contribution is 2.25. The van der Waals surface area contributed by atoms with Gasteiger partial charge in [-0.3, -0.25) is 5.32 Å². The molecule has 1 heterocycles. The number of hydrogen-bond acceptors (Lipinski definition) is 4. The van der Waals surface area contributed by atoms with Crippen LogP contribution in [0.1, 0.15) is 26.3 Å². The molecule has 1 amide bonds. The fourth-order valence-corrected chi connectivity index (χ4v) is 2.71. The Morgan fingerprint density at radius 1 is 1.33 bits per heavy atom. The second-order valence-corrected chi connectivity index (χ2v) is 6.04. The van der Waals surface area contributed by atoms with Crippen LogP contribution in [0.2, 0.25) is 0 Å². The lowest BCUT2D eigenvalue weighted by Crippen LogP contribution is -2.12. The number of rotatable bonds is 5. The van der Waals surface area contributed by atoms with E-state index in [1.807, 2.05) is 5.38 Å². The largest absolute Gasteiger partial charge is 0.450 e. The SMILES string of the molecule is CCOC(=O)Nc1nc(-c2ccc(CC(C)C)cc2)cs1. The molecule has 0 saturated carbocycles. The zero-order valence-electron chi connectivity index (χ0n) is 12.6. The normalized spacial score (nSPS) is 10.7. The van der Waals surface area contributed by atoms with Gasteiger partial charge in [0, 0.05) is 10.9 Å². The molecule has 4 nitrogen and oxygen atoms in total. The predicted molar refractivity (Wildman–Crippen MR) is 86.7 cm³/mol. The van der Waals surface area contributed by atoms with Gasteiger partial charge in [-0.25, -0.2) is 9.78 Å². The van der Waals surface area contributed by atoms with Crippen molar-refractivity contribution in [2.45, 2.75) is 27.2 Å². The molecule has 0 spiro atoms. The summed E-state index contributed by atoms with van der Waals surface area (Å²) in [4.78, 5) is 15.7. The summed E-state index contributed by atoms with van der Waals surface area (Å²) in [5, 5.41) is 5.10. The number of hydrogen-bond donors (Lipinski definition) is 1. The Bertz CT molecular complexity index is 591. The van der Waals surface area contributed by atoms with Gasteiger partial charge in [0.05, 0.1) is 12.3 Å². The number of ether oxygens (including phenoxy) is 1. The van der Waals surface area contributed by atoms with E-state index < -0.39 is 6.09 Å². The van der Waals surface area contributed by atoms with E-state index in [1.165, 1.54) is 16.9 Å². The van der Waals surface area contributed by atoms with Crippen LogP contribution in [0.25, 0.3) is 11.3 Å². The van der Waals surface area contributed by atoms with Crippen LogP contribution in [0.4, 0.5) is 9.93 Å². The Hall–Kier alpha value is -1.88. The first-order chi connectivity index (χ1) is 10.1. The maximum absolute atomic E-state index is 11.3. The van der Waals surface area contributed by atoms with Gasteiger partial charge in [0.25, 0.3) is 0 Å². The standard InChI is InChI=1S/C16H20N2O2S/c1-4-20-16(19)18-15-17-14(10-21-15)13-7-5-12(6-8-13)9-11(2)3/h5-8,10-11H,4,9H2,1-3H3,(H,17,18,19). The van der Waals surface area contributed by atoms with Crippen molar-refractivity contribution in [2.75, 3.05) is 11.9 Å². The van der Waals surface area contributed by atoms with Crippen LogP contribution in [0.15, 0.2) is 29.6 Å². The maximum atomic E-state index is 11.3. The molecule has 2 aromatic rings. The van der Waals surface area contributed by atoms with Crippen LogP contribution in [-0.2, 0) is 11.2 Å². The van der Waals surface area contributed by atoms with E-state index in [2.05, 4.69) is 48.4 Å². The van der Waals surface area contributed by atoms with Crippen LogP contribution in [0, 0.1) is 5.92 Å². The topological polar surface area (TPSA) is 51.2 Å². The summed E-state index contributed by atoms with van der Waals surface area (Å²) in [5.41, 5.74) is 3.24. The Kier molecular flexibility index (Phi) is 5.33. The summed E-state index contributed by atoms with van der Waals surface area (Å²) in [6, 6.07) is 8.40. The number of thiazole rings is 1. The number of carbonyl (C=O) groups excluding carboxylic acids is 1. The van der Waals surface area contributed by atoms with Gasteiger partial charge in [-0.15, -0.1) is 11.3 Å². The maximum Gasteiger partial charge on any atom is 0.413 e. The average Bonchev–Trinajstić information content (AvgIpc) is 2.87. The lowest BCUT2D eigenvalue weighted by atomic mass is 10.0. The minimum atomic E-state index is -0.467. The van der Waals surface area contributed by atoms with Gasteiger partial charge in [-0.2, -0.15) is 0 Å². The van der Waals surface area contributed by atoms with E-state index in [0.29, 0.717) is 17.7 Å². The van der Waals surface area contributed by atoms with E-state index in [9.17, 15) is 4.79 Å². The van der Waals surface area contributed by atoms with Gasteiger partial charge in [0.15, 0.2) is 5.13 Å². The predicted octanol–water partition coefficient (Wildman–Crippen LogP) is 4.58. The highest BCUT2D eigenvalue weighted by molar-refractivity contribution is 7.14. The molecule has 1 aromatic heterocycles. The first kappa shape index (κ1) is 15.5. The molecule has 21 heavy (non-hydrogen) atoms. The first-order valence-electron chi connectivity index (χ1n) is 7.07. The van der Waals surface area contributed by atoms with Gasteiger partial charge in [-0.05, 0) is 24.8 Å². The van der Waals surface area contributed by atoms with Crippen LogP contribution >= 0.6 is 11.3 Å².